The topological polar surface area (TPSA) is 46.5 Å². The smallest absolute Gasteiger partial charge is 0.324 e. The van der Waals surface area contributed by atoms with Gasteiger partial charge in [0, 0.05) is 3.57 Å². The molecule has 0 aliphatic heterocycles. The maximum Gasteiger partial charge on any atom is 0.332 e. The fourth-order valence-corrected chi connectivity index (χ4v) is 3.31. The highest BCUT2D eigenvalue weighted by molar-refractivity contribution is 14.1. The van der Waals surface area contributed by atoms with Crippen molar-refractivity contribution in [3.8, 4) is 0 Å². The van der Waals surface area contributed by atoms with Crippen molar-refractivity contribution in [2.75, 3.05) is 0 Å². The maximum atomic E-state index is 11.8. The molecule has 0 aliphatic carbocycles. The Morgan fingerprint density at radius 3 is 2.81 bits per heavy atom. The van der Waals surface area contributed by atoms with E-state index in [0.29, 0.717) is 0 Å². The first-order valence-electron chi connectivity index (χ1n) is 5.17. The summed E-state index contributed by atoms with van der Waals surface area (Å²) < 4.78 is 18.0. The van der Waals surface area contributed by atoms with Gasteiger partial charge in [0.25, 0.3) is 0 Å². The minimum atomic E-state index is -3.51. The van der Waals surface area contributed by atoms with Crippen molar-refractivity contribution >= 4 is 30.2 Å². The van der Waals surface area contributed by atoms with E-state index in [4.69, 9.17) is 4.52 Å². The second-order valence-electron chi connectivity index (χ2n) is 3.75. The molecule has 2 unspecified atom stereocenters. The van der Waals surface area contributed by atoms with Crippen molar-refractivity contribution in [2.45, 2.75) is 32.5 Å². The van der Waals surface area contributed by atoms with Crippen LogP contribution in [0.25, 0.3) is 0 Å². The molecule has 0 aliphatic rings. The molecule has 1 rings (SSSR count). The van der Waals surface area contributed by atoms with Crippen LogP contribution in [-0.2, 0) is 15.3 Å². The first-order chi connectivity index (χ1) is 7.43. The predicted octanol–water partition coefficient (Wildman–Crippen LogP) is 3.79. The summed E-state index contributed by atoms with van der Waals surface area (Å²) >= 11 is 2.18. The summed E-state index contributed by atoms with van der Waals surface area (Å²) in [5.74, 6) is 0. The molecule has 1 N–H and O–H groups in total. The molecule has 0 bridgehead atoms. The fourth-order valence-electron chi connectivity index (χ4n) is 1.26. The first kappa shape index (κ1) is 14.2. The first-order valence-corrected chi connectivity index (χ1v) is 8.02. The van der Waals surface area contributed by atoms with Gasteiger partial charge >= 0.3 is 7.60 Å². The SMILES string of the molecule is CCC(C)OP(=O)(O)Cc1cccc(I)c1. The van der Waals surface area contributed by atoms with Gasteiger partial charge in [-0.25, -0.2) is 0 Å². The van der Waals surface area contributed by atoms with Gasteiger partial charge in [-0.3, -0.25) is 4.57 Å². The van der Waals surface area contributed by atoms with E-state index in [-0.39, 0.29) is 12.3 Å². The van der Waals surface area contributed by atoms with Crippen molar-refractivity contribution in [2.24, 2.45) is 0 Å². The fraction of sp³-hybridized carbons (Fsp3) is 0.455. The van der Waals surface area contributed by atoms with Crippen LogP contribution in [-0.4, -0.2) is 11.0 Å². The highest BCUT2D eigenvalue weighted by Gasteiger charge is 2.22. The third-order valence-electron chi connectivity index (χ3n) is 2.19. The molecule has 3 nitrogen and oxygen atoms in total. The van der Waals surface area contributed by atoms with Gasteiger partial charge in [-0.05, 0) is 53.6 Å². The standard InChI is InChI=1S/C11H16IO3P/c1-3-9(2)15-16(13,14)8-10-5-4-6-11(12)7-10/h4-7,9H,3,8H2,1-2H3,(H,13,14). The van der Waals surface area contributed by atoms with Gasteiger partial charge in [0.1, 0.15) is 0 Å². The molecule has 90 valence electrons. The molecule has 16 heavy (non-hydrogen) atoms. The molecule has 0 saturated carbocycles. The molecule has 1 aromatic rings. The quantitative estimate of drug-likeness (QED) is 0.647. The van der Waals surface area contributed by atoms with E-state index in [9.17, 15) is 9.46 Å². The number of rotatable bonds is 5. The van der Waals surface area contributed by atoms with Crippen LogP contribution in [0.2, 0.25) is 0 Å². The highest BCUT2D eigenvalue weighted by Crippen LogP contribution is 2.47. The molecule has 0 radical (unpaired) electrons. The summed E-state index contributed by atoms with van der Waals surface area (Å²) in [5, 5.41) is 0. The van der Waals surface area contributed by atoms with Crippen molar-refractivity contribution in [3.05, 3.63) is 33.4 Å². The molecule has 1 aromatic carbocycles. The average Bonchev–Trinajstić information content (AvgIpc) is 2.15. The van der Waals surface area contributed by atoms with E-state index in [1.54, 1.807) is 6.92 Å². The van der Waals surface area contributed by atoms with Crippen molar-refractivity contribution in [1.82, 2.24) is 0 Å². The number of halogens is 1. The zero-order chi connectivity index (χ0) is 12.2. The lowest BCUT2D eigenvalue weighted by molar-refractivity contribution is 0.185. The van der Waals surface area contributed by atoms with Gasteiger partial charge in [0.15, 0.2) is 0 Å². The Hall–Kier alpha value is 0.100. The number of hydrogen-bond acceptors (Lipinski definition) is 2. The number of hydrogen-bond donors (Lipinski definition) is 1. The van der Waals surface area contributed by atoms with Crippen LogP contribution in [0.4, 0.5) is 0 Å². The Morgan fingerprint density at radius 1 is 1.56 bits per heavy atom. The molecule has 0 saturated heterocycles. The Balaban J connectivity index is 2.69. The average molecular weight is 354 g/mol. The van der Waals surface area contributed by atoms with Crippen LogP contribution in [0.1, 0.15) is 25.8 Å². The van der Waals surface area contributed by atoms with Gasteiger partial charge in [-0.2, -0.15) is 0 Å². The van der Waals surface area contributed by atoms with Crippen LogP contribution >= 0.6 is 30.2 Å². The summed E-state index contributed by atoms with van der Waals surface area (Å²) in [6, 6.07) is 7.55. The summed E-state index contributed by atoms with van der Waals surface area (Å²) in [6.07, 6.45) is 0.629. The van der Waals surface area contributed by atoms with E-state index < -0.39 is 7.60 Å². The molecular weight excluding hydrogens is 338 g/mol. The van der Waals surface area contributed by atoms with E-state index in [0.717, 1.165) is 15.6 Å². The molecule has 0 spiro atoms. The molecule has 0 heterocycles. The van der Waals surface area contributed by atoms with Crippen molar-refractivity contribution in [1.29, 1.82) is 0 Å². The zero-order valence-electron chi connectivity index (χ0n) is 9.39. The van der Waals surface area contributed by atoms with E-state index in [2.05, 4.69) is 22.6 Å². The van der Waals surface area contributed by atoms with Crippen LogP contribution in [0.15, 0.2) is 24.3 Å². The van der Waals surface area contributed by atoms with E-state index >= 15 is 0 Å². The lowest BCUT2D eigenvalue weighted by atomic mass is 10.2. The Morgan fingerprint density at radius 2 is 2.25 bits per heavy atom. The molecule has 2 atom stereocenters. The largest absolute Gasteiger partial charge is 0.332 e. The molecular formula is C11H16IO3P. The normalized spacial score (nSPS) is 16.8. The third-order valence-corrected chi connectivity index (χ3v) is 4.32. The van der Waals surface area contributed by atoms with Gasteiger partial charge in [-0.15, -0.1) is 0 Å². The van der Waals surface area contributed by atoms with Crippen LogP contribution in [0.5, 0.6) is 0 Å². The summed E-state index contributed by atoms with van der Waals surface area (Å²) in [5.41, 5.74) is 0.834. The maximum absolute atomic E-state index is 11.8. The van der Waals surface area contributed by atoms with E-state index in [1.807, 2.05) is 31.2 Å². The molecule has 0 amide bonds. The Labute approximate surface area is 110 Å². The predicted molar refractivity (Wildman–Crippen MR) is 73.5 cm³/mol. The monoisotopic (exact) mass is 354 g/mol. The van der Waals surface area contributed by atoms with Crippen LogP contribution in [0.3, 0.4) is 0 Å². The lowest BCUT2D eigenvalue weighted by Crippen LogP contribution is -2.05. The van der Waals surface area contributed by atoms with Gasteiger partial charge in [0.05, 0.1) is 12.3 Å². The Bertz CT molecular complexity index is 395. The van der Waals surface area contributed by atoms with Gasteiger partial charge < -0.3 is 9.42 Å². The lowest BCUT2D eigenvalue weighted by Gasteiger charge is -2.16. The molecule has 0 fully saturated rings. The highest BCUT2D eigenvalue weighted by atomic mass is 127. The van der Waals surface area contributed by atoms with E-state index in [1.165, 1.54) is 0 Å². The third kappa shape index (κ3) is 4.95. The molecule has 5 heteroatoms. The zero-order valence-corrected chi connectivity index (χ0v) is 12.4. The van der Waals surface area contributed by atoms with Crippen molar-refractivity contribution < 1.29 is 14.0 Å². The van der Waals surface area contributed by atoms with Gasteiger partial charge in [0.2, 0.25) is 0 Å². The van der Waals surface area contributed by atoms with Gasteiger partial charge in [-0.1, -0.05) is 19.1 Å². The second-order valence-corrected chi connectivity index (χ2v) is 6.80. The Kier molecular flexibility index (Phi) is 5.44. The minimum absolute atomic E-state index is 0.0776. The number of benzene rings is 1. The van der Waals surface area contributed by atoms with Crippen LogP contribution in [0, 0.1) is 3.57 Å². The summed E-state index contributed by atoms with van der Waals surface area (Å²) in [7, 11) is -3.51. The van der Waals surface area contributed by atoms with Crippen molar-refractivity contribution in [3.63, 3.8) is 0 Å². The minimum Gasteiger partial charge on any atom is -0.324 e. The molecule has 0 aromatic heterocycles. The second kappa shape index (κ2) is 6.15. The summed E-state index contributed by atoms with van der Waals surface area (Å²) in [6.45, 7) is 3.73. The van der Waals surface area contributed by atoms with Crippen LogP contribution < -0.4 is 0 Å². The summed E-state index contributed by atoms with van der Waals surface area (Å²) in [4.78, 5) is 9.69.